The molecule has 0 spiro atoms. The number of carboxylic acid groups (broad SMARTS) is 1. The molecule has 0 amide bonds. The molecule has 2 aromatic carbocycles. The summed E-state index contributed by atoms with van der Waals surface area (Å²) in [5.74, 6) is -1.03. The monoisotopic (exact) mass is 364 g/mol. The van der Waals surface area contributed by atoms with Gasteiger partial charge in [-0.3, -0.25) is 0 Å². The van der Waals surface area contributed by atoms with E-state index in [4.69, 9.17) is 10.5 Å². The number of carbonyl (C=O) groups is 1. The Hall–Kier alpha value is -2.58. The first-order valence-electron chi connectivity index (χ1n) is 7.43. The van der Waals surface area contributed by atoms with Gasteiger partial charge in [0.15, 0.2) is 5.75 Å². The minimum absolute atomic E-state index is 0.0852. The highest BCUT2D eigenvalue weighted by molar-refractivity contribution is 7.89. The van der Waals surface area contributed by atoms with Crippen molar-refractivity contribution in [2.45, 2.75) is 31.2 Å². The van der Waals surface area contributed by atoms with E-state index in [0.29, 0.717) is 5.75 Å². The van der Waals surface area contributed by atoms with Crippen LogP contribution < -0.4 is 15.2 Å². The van der Waals surface area contributed by atoms with Crippen molar-refractivity contribution < 1.29 is 23.1 Å². The molecule has 0 aliphatic carbocycles. The number of rotatable bonds is 5. The molecule has 7 nitrogen and oxygen atoms in total. The van der Waals surface area contributed by atoms with Crippen LogP contribution in [0.3, 0.4) is 0 Å². The molecule has 0 unspecified atom stereocenters. The Balaban J connectivity index is 2.64. The van der Waals surface area contributed by atoms with Crippen LogP contribution >= 0.6 is 0 Å². The molecule has 0 fully saturated rings. The average molecular weight is 364 g/mol. The fraction of sp³-hybridized carbons (Fsp3) is 0.235. The number of ether oxygens (including phenoxy) is 1. The van der Waals surface area contributed by atoms with Crippen LogP contribution in [0.4, 0.5) is 5.69 Å². The highest BCUT2D eigenvalue weighted by Gasteiger charge is 2.28. The van der Waals surface area contributed by atoms with Crippen molar-refractivity contribution in [2.75, 3.05) is 5.73 Å². The molecular formula is C17H20N2O5S. The predicted molar refractivity (Wildman–Crippen MR) is 94.4 cm³/mol. The highest BCUT2D eigenvalue weighted by Crippen LogP contribution is 2.36. The first kappa shape index (κ1) is 18.8. The smallest absolute Gasteiger partial charge is 0.335 e. The highest BCUT2D eigenvalue weighted by atomic mass is 32.2. The summed E-state index contributed by atoms with van der Waals surface area (Å²) in [6.45, 7) is 5.02. The van der Waals surface area contributed by atoms with Crippen molar-refractivity contribution in [3.05, 3.63) is 48.0 Å². The first-order valence-corrected chi connectivity index (χ1v) is 8.91. The summed E-state index contributed by atoms with van der Waals surface area (Å²) in [7, 11) is -4.07. The van der Waals surface area contributed by atoms with Crippen LogP contribution in [0, 0.1) is 0 Å². The second kappa shape index (κ2) is 6.73. The van der Waals surface area contributed by atoms with Gasteiger partial charge in [-0.2, -0.15) is 0 Å². The zero-order valence-corrected chi connectivity index (χ0v) is 14.9. The van der Waals surface area contributed by atoms with Crippen molar-refractivity contribution in [3.63, 3.8) is 0 Å². The number of carboxylic acids is 1. The number of sulfonamides is 1. The van der Waals surface area contributed by atoms with Crippen LogP contribution in [0.25, 0.3) is 0 Å². The van der Waals surface area contributed by atoms with Crippen molar-refractivity contribution in [2.24, 2.45) is 0 Å². The molecule has 0 saturated heterocycles. The van der Waals surface area contributed by atoms with Crippen LogP contribution in [-0.2, 0) is 10.0 Å². The van der Waals surface area contributed by atoms with Gasteiger partial charge in [0, 0.05) is 5.54 Å². The Morgan fingerprint density at radius 2 is 1.76 bits per heavy atom. The average Bonchev–Trinajstić information content (AvgIpc) is 2.47. The molecule has 0 aromatic heterocycles. The Kier molecular flexibility index (Phi) is 5.05. The lowest BCUT2D eigenvalue weighted by Crippen LogP contribution is -2.40. The van der Waals surface area contributed by atoms with Crippen LogP contribution in [-0.4, -0.2) is 25.0 Å². The molecule has 25 heavy (non-hydrogen) atoms. The second-order valence-corrected chi connectivity index (χ2v) is 8.12. The number of aromatic carboxylic acids is 1. The largest absolute Gasteiger partial charge is 0.478 e. The molecule has 2 rings (SSSR count). The number of anilines is 1. The standard InChI is InChI=1S/C17H20N2O5S/c1-17(2,3)19-25(22,23)14-10-11(16(20)21)9-13(18)15(14)24-12-7-5-4-6-8-12/h4-10,19H,18H2,1-3H3,(H,20,21). The van der Waals surface area contributed by atoms with E-state index in [-0.39, 0.29) is 21.9 Å². The summed E-state index contributed by atoms with van der Waals surface area (Å²) in [6.07, 6.45) is 0. The number of hydrogen-bond donors (Lipinski definition) is 3. The molecular weight excluding hydrogens is 344 g/mol. The lowest BCUT2D eigenvalue weighted by atomic mass is 10.1. The number of nitrogens with one attached hydrogen (secondary N) is 1. The summed E-state index contributed by atoms with van der Waals surface area (Å²) in [5.41, 5.74) is 4.79. The normalized spacial score (nSPS) is 12.0. The third kappa shape index (κ3) is 4.71. The molecule has 0 bridgehead atoms. The summed E-state index contributed by atoms with van der Waals surface area (Å²) in [5, 5.41) is 9.20. The Labute approximate surface area is 146 Å². The SMILES string of the molecule is CC(C)(C)NS(=O)(=O)c1cc(C(=O)O)cc(N)c1Oc1ccccc1. The molecule has 8 heteroatoms. The lowest BCUT2D eigenvalue weighted by Gasteiger charge is -2.22. The van der Waals surface area contributed by atoms with Gasteiger partial charge in [-0.05, 0) is 45.0 Å². The van der Waals surface area contributed by atoms with Gasteiger partial charge in [-0.15, -0.1) is 0 Å². The Morgan fingerprint density at radius 3 is 2.28 bits per heavy atom. The molecule has 0 saturated carbocycles. The van der Waals surface area contributed by atoms with Gasteiger partial charge in [0.05, 0.1) is 11.3 Å². The third-order valence-electron chi connectivity index (χ3n) is 3.02. The van der Waals surface area contributed by atoms with Crippen LogP contribution in [0.2, 0.25) is 0 Å². The fourth-order valence-electron chi connectivity index (χ4n) is 2.12. The van der Waals surface area contributed by atoms with Crippen molar-refractivity contribution in [1.82, 2.24) is 4.72 Å². The number of para-hydroxylation sites is 1. The molecule has 134 valence electrons. The Bertz CT molecular complexity index is 887. The summed E-state index contributed by atoms with van der Waals surface area (Å²) in [4.78, 5) is 10.9. The van der Waals surface area contributed by atoms with Gasteiger partial charge >= 0.3 is 5.97 Å². The van der Waals surface area contributed by atoms with E-state index in [2.05, 4.69) is 4.72 Å². The van der Waals surface area contributed by atoms with E-state index >= 15 is 0 Å². The van der Waals surface area contributed by atoms with E-state index in [1.165, 1.54) is 0 Å². The van der Waals surface area contributed by atoms with E-state index in [1.54, 1.807) is 51.1 Å². The minimum Gasteiger partial charge on any atom is -0.478 e. The second-order valence-electron chi connectivity index (χ2n) is 6.47. The number of nitrogens with two attached hydrogens (primary N) is 1. The van der Waals surface area contributed by atoms with E-state index in [9.17, 15) is 18.3 Å². The van der Waals surface area contributed by atoms with Gasteiger partial charge in [0.25, 0.3) is 0 Å². The molecule has 4 N–H and O–H groups in total. The van der Waals surface area contributed by atoms with E-state index in [0.717, 1.165) is 12.1 Å². The lowest BCUT2D eigenvalue weighted by molar-refractivity contribution is 0.0696. The van der Waals surface area contributed by atoms with Crippen molar-refractivity contribution in [1.29, 1.82) is 0 Å². The minimum atomic E-state index is -4.07. The maximum Gasteiger partial charge on any atom is 0.335 e. The van der Waals surface area contributed by atoms with Gasteiger partial charge in [-0.1, -0.05) is 18.2 Å². The summed E-state index contributed by atoms with van der Waals surface area (Å²) >= 11 is 0. The number of hydrogen-bond acceptors (Lipinski definition) is 5. The Morgan fingerprint density at radius 1 is 1.16 bits per heavy atom. The zero-order valence-electron chi connectivity index (χ0n) is 14.1. The summed E-state index contributed by atoms with van der Waals surface area (Å²) < 4.78 is 33.6. The number of nitrogen functional groups attached to an aromatic ring is 1. The van der Waals surface area contributed by atoms with Gasteiger partial charge in [0.2, 0.25) is 10.0 Å². The maximum atomic E-state index is 12.7. The molecule has 0 aliphatic rings. The molecule has 2 aromatic rings. The zero-order chi connectivity index (χ0) is 18.8. The van der Waals surface area contributed by atoms with Gasteiger partial charge in [0.1, 0.15) is 10.6 Å². The van der Waals surface area contributed by atoms with Crippen LogP contribution in [0.15, 0.2) is 47.4 Å². The van der Waals surface area contributed by atoms with E-state index < -0.39 is 21.5 Å². The molecule has 0 aliphatic heterocycles. The third-order valence-corrected chi connectivity index (χ3v) is 4.79. The maximum absolute atomic E-state index is 12.7. The van der Waals surface area contributed by atoms with Crippen molar-refractivity contribution in [3.8, 4) is 11.5 Å². The van der Waals surface area contributed by atoms with Gasteiger partial charge in [-0.25, -0.2) is 17.9 Å². The number of benzene rings is 2. The van der Waals surface area contributed by atoms with Crippen LogP contribution in [0.5, 0.6) is 11.5 Å². The topological polar surface area (TPSA) is 119 Å². The molecule has 0 atom stereocenters. The predicted octanol–water partition coefficient (Wildman–Crippen LogP) is 2.84. The molecule has 0 radical (unpaired) electrons. The van der Waals surface area contributed by atoms with Gasteiger partial charge < -0.3 is 15.6 Å². The first-order chi connectivity index (χ1) is 11.5. The quantitative estimate of drug-likeness (QED) is 0.702. The summed E-state index contributed by atoms with van der Waals surface area (Å²) in [6, 6.07) is 10.7. The van der Waals surface area contributed by atoms with E-state index in [1.807, 2.05) is 0 Å². The molecule has 0 heterocycles. The van der Waals surface area contributed by atoms with Crippen LogP contribution in [0.1, 0.15) is 31.1 Å². The van der Waals surface area contributed by atoms with Crippen molar-refractivity contribution >= 4 is 21.7 Å². The fourth-order valence-corrected chi connectivity index (χ4v) is 3.72.